The van der Waals surface area contributed by atoms with Crippen LogP contribution in [0.25, 0.3) is 0 Å². The molecule has 1 heterocycles. The summed E-state index contributed by atoms with van der Waals surface area (Å²) in [5.41, 5.74) is 1.21. The average Bonchev–Trinajstić information content (AvgIpc) is 2.52. The van der Waals surface area contributed by atoms with Gasteiger partial charge in [0.1, 0.15) is 0 Å². The first-order valence-corrected chi connectivity index (χ1v) is 7.02. The molecule has 0 spiro atoms. The summed E-state index contributed by atoms with van der Waals surface area (Å²) in [6, 6.07) is 7.50. The van der Waals surface area contributed by atoms with Crippen LogP contribution in [0.15, 0.2) is 45.0 Å². The van der Waals surface area contributed by atoms with Gasteiger partial charge in [0.25, 0.3) is 17.4 Å². The maximum absolute atomic E-state index is 11.8. The predicted molar refractivity (Wildman–Crippen MR) is 87.2 cm³/mol. The number of hydrogen-bond acceptors (Lipinski definition) is 5. The van der Waals surface area contributed by atoms with E-state index in [-0.39, 0.29) is 22.8 Å². The highest BCUT2D eigenvalue weighted by molar-refractivity contribution is 6.33. The number of carbonyl (C=O) groups excluding carboxylic acids is 2. The Morgan fingerprint density at radius 1 is 1.21 bits per heavy atom. The number of rotatable bonds is 5. The molecule has 0 aliphatic heterocycles. The molecule has 0 saturated heterocycles. The van der Waals surface area contributed by atoms with E-state index in [1.54, 1.807) is 18.2 Å². The molecule has 0 radical (unpaired) electrons. The Labute approximate surface area is 139 Å². The third-order valence-electron chi connectivity index (χ3n) is 2.70. The molecule has 0 fully saturated rings. The Hall–Kier alpha value is -3.20. The lowest BCUT2D eigenvalue weighted by molar-refractivity contribution is -0.120. The van der Waals surface area contributed by atoms with Gasteiger partial charge >= 0.3 is 5.69 Å². The monoisotopic (exact) mass is 349 g/mol. The lowest BCUT2D eigenvalue weighted by Gasteiger charge is -2.05. The van der Waals surface area contributed by atoms with Crippen molar-refractivity contribution in [3.8, 4) is 0 Å². The zero-order valence-corrected chi connectivity index (χ0v) is 12.9. The molecule has 0 saturated carbocycles. The van der Waals surface area contributed by atoms with Gasteiger partial charge < -0.3 is 10.3 Å². The van der Waals surface area contributed by atoms with E-state index in [4.69, 9.17) is 11.6 Å². The van der Waals surface area contributed by atoms with E-state index < -0.39 is 23.1 Å². The molecule has 2 aromatic rings. The van der Waals surface area contributed by atoms with E-state index in [0.29, 0.717) is 0 Å². The number of halogens is 1. The maximum atomic E-state index is 11.8. The van der Waals surface area contributed by atoms with Crippen molar-refractivity contribution in [3.63, 3.8) is 0 Å². The second-order valence-corrected chi connectivity index (χ2v) is 4.91. The first-order chi connectivity index (χ1) is 11.5. The van der Waals surface area contributed by atoms with Gasteiger partial charge in [-0.2, -0.15) is 5.10 Å². The van der Waals surface area contributed by atoms with Crippen LogP contribution in [-0.4, -0.2) is 34.5 Å². The number of aromatic amines is 2. The molecular formula is C14H12ClN5O4. The molecule has 124 valence electrons. The SMILES string of the molecule is O=C(CNC(=O)c1ccccc1Cl)N/N=C/c1cc(=O)[nH]c(=O)[nH]1. The van der Waals surface area contributed by atoms with Gasteiger partial charge in [-0.05, 0) is 12.1 Å². The van der Waals surface area contributed by atoms with Gasteiger partial charge in [0, 0.05) is 6.07 Å². The number of carbonyl (C=O) groups is 2. The van der Waals surface area contributed by atoms with Crippen LogP contribution in [-0.2, 0) is 4.79 Å². The Morgan fingerprint density at radius 3 is 2.67 bits per heavy atom. The van der Waals surface area contributed by atoms with Crippen LogP contribution < -0.4 is 22.0 Å². The van der Waals surface area contributed by atoms with Crippen molar-refractivity contribution >= 4 is 29.6 Å². The summed E-state index contributed by atoms with van der Waals surface area (Å²) in [5, 5.41) is 6.22. The Kier molecular flexibility index (Phi) is 5.63. The minimum absolute atomic E-state index is 0.115. The Morgan fingerprint density at radius 2 is 1.96 bits per heavy atom. The molecule has 2 rings (SSSR count). The third-order valence-corrected chi connectivity index (χ3v) is 3.03. The van der Waals surface area contributed by atoms with Crippen molar-refractivity contribution in [2.45, 2.75) is 0 Å². The Balaban J connectivity index is 1.86. The fraction of sp³-hybridized carbons (Fsp3) is 0.0714. The summed E-state index contributed by atoms with van der Waals surface area (Å²) in [6.45, 7) is -0.326. The van der Waals surface area contributed by atoms with Crippen LogP contribution in [0.1, 0.15) is 16.1 Å². The van der Waals surface area contributed by atoms with Crippen molar-refractivity contribution in [1.82, 2.24) is 20.7 Å². The summed E-state index contributed by atoms with van der Waals surface area (Å²) in [4.78, 5) is 49.8. The second-order valence-electron chi connectivity index (χ2n) is 4.50. The van der Waals surface area contributed by atoms with E-state index in [1.807, 2.05) is 4.98 Å². The Bertz CT molecular complexity index is 874. The highest BCUT2D eigenvalue weighted by atomic mass is 35.5. The van der Waals surface area contributed by atoms with Crippen molar-refractivity contribution in [3.05, 3.63) is 67.4 Å². The summed E-state index contributed by atoms with van der Waals surface area (Å²) < 4.78 is 0. The molecule has 10 heteroatoms. The van der Waals surface area contributed by atoms with Crippen molar-refractivity contribution in [2.75, 3.05) is 6.54 Å². The van der Waals surface area contributed by atoms with Crippen LogP contribution in [0.5, 0.6) is 0 Å². The normalized spacial score (nSPS) is 10.5. The molecule has 9 nitrogen and oxygen atoms in total. The molecule has 4 N–H and O–H groups in total. The van der Waals surface area contributed by atoms with E-state index in [9.17, 15) is 19.2 Å². The van der Waals surface area contributed by atoms with Gasteiger partial charge in [-0.1, -0.05) is 23.7 Å². The molecule has 0 unspecified atom stereocenters. The highest BCUT2D eigenvalue weighted by Crippen LogP contribution is 2.14. The molecular weight excluding hydrogens is 338 g/mol. The molecule has 2 amide bonds. The smallest absolute Gasteiger partial charge is 0.326 e. The standard InChI is InChI=1S/C14H12ClN5O4/c15-10-4-2-1-3-9(10)13(23)16-7-12(22)20-17-6-8-5-11(21)19-14(24)18-8/h1-6H,7H2,(H,16,23)(H,20,22)(H2,18,19,21,24)/b17-6+. The maximum Gasteiger partial charge on any atom is 0.326 e. The summed E-state index contributed by atoms with van der Waals surface area (Å²) in [6.07, 6.45) is 1.09. The van der Waals surface area contributed by atoms with Gasteiger partial charge in [0.2, 0.25) is 0 Å². The van der Waals surface area contributed by atoms with Gasteiger partial charge in [-0.3, -0.25) is 19.4 Å². The first-order valence-electron chi connectivity index (χ1n) is 6.64. The molecule has 1 aromatic heterocycles. The van der Waals surface area contributed by atoms with Crippen molar-refractivity contribution in [1.29, 1.82) is 0 Å². The van der Waals surface area contributed by atoms with Crippen molar-refractivity contribution < 1.29 is 9.59 Å². The number of H-pyrrole nitrogens is 2. The molecule has 0 bridgehead atoms. The minimum atomic E-state index is -0.692. The molecule has 0 aliphatic rings. The topological polar surface area (TPSA) is 136 Å². The number of hydrazone groups is 1. The fourth-order valence-corrected chi connectivity index (χ4v) is 1.89. The molecule has 0 atom stereocenters. The van der Waals surface area contributed by atoms with E-state index >= 15 is 0 Å². The van der Waals surface area contributed by atoms with Gasteiger partial charge in [0.05, 0.1) is 29.0 Å². The summed E-state index contributed by atoms with van der Waals surface area (Å²) >= 11 is 5.87. The largest absolute Gasteiger partial charge is 0.343 e. The van der Waals surface area contributed by atoms with Crippen LogP contribution in [0.2, 0.25) is 5.02 Å². The zero-order valence-electron chi connectivity index (χ0n) is 12.1. The van der Waals surface area contributed by atoms with Gasteiger partial charge in [0.15, 0.2) is 0 Å². The number of nitrogens with one attached hydrogen (secondary N) is 4. The molecule has 24 heavy (non-hydrogen) atoms. The average molecular weight is 350 g/mol. The van der Waals surface area contributed by atoms with Crippen LogP contribution in [0, 0.1) is 0 Å². The van der Waals surface area contributed by atoms with E-state index in [2.05, 4.69) is 20.8 Å². The zero-order chi connectivity index (χ0) is 17.5. The summed E-state index contributed by atoms with van der Waals surface area (Å²) in [7, 11) is 0. The molecule has 0 aliphatic carbocycles. The number of hydrogen-bond donors (Lipinski definition) is 4. The number of benzene rings is 1. The lowest BCUT2D eigenvalue weighted by atomic mass is 10.2. The minimum Gasteiger partial charge on any atom is -0.343 e. The van der Waals surface area contributed by atoms with E-state index in [1.165, 1.54) is 6.07 Å². The van der Waals surface area contributed by atoms with Gasteiger partial charge in [-0.15, -0.1) is 0 Å². The second kappa shape index (κ2) is 7.88. The molecule has 1 aromatic carbocycles. The summed E-state index contributed by atoms with van der Waals surface area (Å²) in [5.74, 6) is -1.10. The van der Waals surface area contributed by atoms with E-state index in [0.717, 1.165) is 12.3 Å². The van der Waals surface area contributed by atoms with Crippen LogP contribution >= 0.6 is 11.6 Å². The van der Waals surface area contributed by atoms with Crippen LogP contribution in [0.3, 0.4) is 0 Å². The van der Waals surface area contributed by atoms with Crippen LogP contribution in [0.4, 0.5) is 0 Å². The fourth-order valence-electron chi connectivity index (χ4n) is 1.67. The predicted octanol–water partition coefficient (Wildman–Crippen LogP) is -0.403. The first kappa shape index (κ1) is 17.2. The van der Waals surface area contributed by atoms with Crippen molar-refractivity contribution in [2.24, 2.45) is 5.10 Å². The highest BCUT2D eigenvalue weighted by Gasteiger charge is 2.10. The number of amides is 2. The number of nitrogens with zero attached hydrogens (tertiary/aromatic N) is 1. The third kappa shape index (κ3) is 4.92. The number of aromatic nitrogens is 2. The van der Waals surface area contributed by atoms with Gasteiger partial charge in [-0.25, -0.2) is 10.2 Å². The quantitative estimate of drug-likeness (QED) is 0.431. The lowest BCUT2D eigenvalue weighted by Crippen LogP contribution is -2.35.